The first-order chi connectivity index (χ1) is 12.8. The Balaban J connectivity index is 1.89. The highest BCUT2D eigenvalue weighted by atomic mass is 16.5. The van der Waals surface area contributed by atoms with E-state index in [1.54, 1.807) is 19.4 Å². The summed E-state index contributed by atoms with van der Waals surface area (Å²) in [6.45, 7) is 2.95. The Bertz CT molecular complexity index is 907. The van der Waals surface area contributed by atoms with Crippen LogP contribution < -0.4 is 4.74 Å². The van der Waals surface area contributed by atoms with Crippen LogP contribution in [-0.2, 0) is 4.74 Å². The Morgan fingerprint density at radius 3 is 2.69 bits per heavy atom. The molecule has 5 nitrogen and oxygen atoms in total. The van der Waals surface area contributed by atoms with Crippen molar-refractivity contribution in [3.63, 3.8) is 0 Å². The number of methoxy groups -OCH3 is 1. The van der Waals surface area contributed by atoms with E-state index in [9.17, 15) is 5.11 Å². The summed E-state index contributed by atoms with van der Waals surface area (Å²) >= 11 is 0. The van der Waals surface area contributed by atoms with Crippen LogP contribution in [0.2, 0.25) is 0 Å². The molecule has 1 saturated heterocycles. The molecule has 3 aromatic rings. The minimum atomic E-state index is -0.124. The molecule has 1 N–H and O–H groups in total. The van der Waals surface area contributed by atoms with Gasteiger partial charge in [-0.3, -0.25) is 9.88 Å². The Kier molecular flexibility index (Phi) is 4.73. The molecule has 0 saturated carbocycles. The number of aromatic nitrogens is 1. The molecule has 134 valence electrons. The molecule has 0 amide bonds. The normalized spacial score (nSPS) is 16.5. The third-order valence-corrected chi connectivity index (χ3v) is 4.89. The summed E-state index contributed by atoms with van der Waals surface area (Å²) in [7, 11) is 1.68. The lowest BCUT2D eigenvalue weighted by Crippen LogP contribution is -2.39. The second kappa shape index (κ2) is 7.32. The van der Waals surface area contributed by atoms with Crippen LogP contribution in [0.3, 0.4) is 0 Å². The van der Waals surface area contributed by atoms with Crippen molar-refractivity contribution < 1.29 is 14.6 Å². The smallest absolute Gasteiger partial charge is 0.123 e. The lowest BCUT2D eigenvalue weighted by molar-refractivity contribution is 0.0232. The zero-order valence-electron chi connectivity index (χ0n) is 14.8. The Morgan fingerprint density at radius 2 is 1.88 bits per heavy atom. The van der Waals surface area contributed by atoms with Crippen molar-refractivity contribution in [1.29, 1.82) is 0 Å². The SMILES string of the molecule is COc1ccccc1C(c1cc2ncccc2cc1O)N1CCOCC1. The van der Waals surface area contributed by atoms with Crippen LogP contribution in [0.1, 0.15) is 17.2 Å². The molecule has 4 rings (SSSR count). The van der Waals surface area contributed by atoms with Crippen LogP contribution in [0.4, 0.5) is 0 Å². The van der Waals surface area contributed by atoms with Crippen LogP contribution in [0, 0.1) is 0 Å². The molecule has 5 heteroatoms. The molecule has 0 radical (unpaired) electrons. The van der Waals surface area contributed by atoms with Crippen LogP contribution in [0.5, 0.6) is 11.5 Å². The maximum absolute atomic E-state index is 10.8. The fourth-order valence-corrected chi connectivity index (χ4v) is 3.63. The van der Waals surface area contributed by atoms with Crippen LogP contribution in [-0.4, -0.2) is 48.4 Å². The predicted octanol–water partition coefficient (Wildman–Crippen LogP) is 3.37. The number of morpholine rings is 1. The number of phenols is 1. The van der Waals surface area contributed by atoms with E-state index < -0.39 is 0 Å². The molecule has 0 spiro atoms. The number of nitrogens with zero attached hydrogens (tertiary/aromatic N) is 2. The van der Waals surface area contributed by atoms with Crippen molar-refractivity contribution in [2.45, 2.75) is 6.04 Å². The van der Waals surface area contributed by atoms with Gasteiger partial charge >= 0.3 is 0 Å². The molecule has 0 aliphatic carbocycles. The van der Waals surface area contributed by atoms with E-state index in [1.807, 2.05) is 36.4 Å². The van der Waals surface area contributed by atoms with E-state index >= 15 is 0 Å². The standard InChI is InChI=1S/C21H22N2O3/c1-25-20-7-3-2-6-16(20)21(23-9-11-26-12-10-23)17-14-18-15(13-19(17)24)5-4-8-22-18/h2-8,13-14,21,24H,9-12H2,1H3. The van der Waals surface area contributed by atoms with Crippen molar-refractivity contribution in [1.82, 2.24) is 9.88 Å². The van der Waals surface area contributed by atoms with Crippen molar-refractivity contribution >= 4 is 10.9 Å². The number of ether oxygens (including phenoxy) is 2. The first-order valence-corrected chi connectivity index (χ1v) is 8.80. The fraction of sp³-hybridized carbons (Fsp3) is 0.286. The van der Waals surface area contributed by atoms with E-state index in [0.717, 1.165) is 40.9 Å². The number of para-hydroxylation sites is 1. The van der Waals surface area contributed by atoms with E-state index in [0.29, 0.717) is 13.2 Å². The molecule has 0 bridgehead atoms. The summed E-state index contributed by atoms with van der Waals surface area (Å²) in [4.78, 5) is 6.79. The summed E-state index contributed by atoms with van der Waals surface area (Å²) in [5.41, 5.74) is 2.73. The summed E-state index contributed by atoms with van der Waals surface area (Å²) < 4.78 is 11.1. The number of hydrogen-bond donors (Lipinski definition) is 1. The van der Waals surface area contributed by atoms with Crippen LogP contribution in [0.15, 0.2) is 54.7 Å². The number of hydrogen-bond acceptors (Lipinski definition) is 5. The van der Waals surface area contributed by atoms with E-state index in [1.165, 1.54) is 0 Å². The first-order valence-electron chi connectivity index (χ1n) is 8.80. The number of phenolic OH excluding ortho intramolecular Hbond substituents is 1. The van der Waals surface area contributed by atoms with Gasteiger partial charge in [0.25, 0.3) is 0 Å². The van der Waals surface area contributed by atoms with Gasteiger partial charge in [-0.1, -0.05) is 24.3 Å². The number of fused-ring (bicyclic) bond motifs is 1. The monoisotopic (exact) mass is 350 g/mol. The number of benzene rings is 2. The molecule has 26 heavy (non-hydrogen) atoms. The number of rotatable bonds is 4. The quantitative estimate of drug-likeness (QED) is 0.782. The first kappa shape index (κ1) is 16.8. The van der Waals surface area contributed by atoms with Gasteiger partial charge in [-0.2, -0.15) is 0 Å². The molecule has 1 fully saturated rings. The maximum Gasteiger partial charge on any atom is 0.123 e. The van der Waals surface area contributed by atoms with Gasteiger partial charge in [-0.05, 0) is 24.3 Å². The molecular weight excluding hydrogens is 328 g/mol. The average molecular weight is 350 g/mol. The fourth-order valence-electron chi connectivity index (χ4n) is 3.63. The van der Waals surface area contributed by atoms with Gasteiger partial charge < -0.3 is 14.6 Å². The highest BCUT2D eigenvalue weighted by molar-refractivity contribution is 5.81. The molecule has 1 aliphatic rings. The van der Waals surface area contributed by atoms with E-state index in [4.69, 9.17) is 9.47 Å². The van der Waals surface area contributed by atoms with E-state index in [2.05, 4.69) is 16.0 Å². The highest BCUT2D eigenvalue weighted by Crippen LogP contribution is 2.40. The van der Waals surface area contributed by atoms with Crippen molar-refractivity contribution in [3.8, 4) is 11.5 Å². The van der Waals surface area contributed by atoms with Gasteiger partial charge in [0.2, 0.25) is 0 Å². The van der Waals surface area contributed by atoms with Gasteiger partial charge in [0.1, 0.15) is 11.5 Å². The Morgan fingerprint density at radius 1 is 1.08 bits per heavy atom. The van der Waals surface area contributed by atoms with Gasteiger partial charge in [0.15, 0.2) is 0 Å². The zero-order valence-corrected chi connectivity index (χ0v) is 14.8. The number of pyridine rings is 1. The lowest BCUT2D eigenvalue weighted by Gasteiger charge is -2.36. The second-order valence-electron chi connectivity index (χ2n) is 6.40. The molecule has 1 atom stereocenters. The zero-order chi connectivity index (χ0) is 17.9. The van der Waals surface area contributed by atoms with E-state index in [-0.39, 0.29) is 11.8 Å². The largest absolute Gasteiger partial charge is 0.508 e. The Hall–Kier alpha value is -2.63. The van der Waals surface area contributed by atoms with Gasteiger partial charge in [-0.15, -0.1) is 0 Å². The summed E-state index contributed by atoms with van der Waals surface area (Å²) in [5, 5.41) is 11.7. The van der Waals surface area contributed by atoms with Gasteiger partial charge in [-0.25, -0.2) is 0 Å². The minimum absolute atomic E-state index is 0.124. The predicted molar refractivity (Wildman–Crippen MR) is 101 cm³/mol. The molecule has 2 aromatic carbocycles. The molecular formula is C21H22N2O3. The molecule has 1 unspecified atom stereocenters. The van der Waals surface area contributed by atoms with Crippen molar-refractivity contribution in [3.05, 3.63) is 65.9 Å². The molecule has 2 heterocycles. The number of aromatic hydroxyl groups is 1. The van der Waals surface area contributed by atoms with Crippen molar-refractivity contribution in [2.75, 3.05) is 33.4 Å². The van der Waals surface area contributed by atoms with Crippen molar-refractivity contribution in [2.24, 2.45) is 0 Å². The summed E-state index contributed by atoms with van der Waals surface area (Å²) in [6, 6.07) is 15.5. The summed E-state index contributed by atoms with van der Waals surface area (Å²) in [6.07, 6.45) is 1.77. The summed E-state index contributed by atoms with van der Waals surface area (Å²) in [5.74, 6) is 1.08. The minimum Gasteiger partial charge on any atom is -0.508 e. The Labute approximate surface area is 152 Å². The maximum atomic E-state index is 10.8. The van der Waals surface area contributed by atoms with Crippen LogP contribution in [0.25, 0.3) is 10.9 Å². The van der Waals surface area contributed by atoms with Crippen LogP contribution >= 0.6 is 0 Å². The topological polar surface area (TPSA) is 54.8 Å². The third kappa shape index (κ3) is 3.11. The third-order valence-electron chi connectivity index (χ3n) is 4.89. The molecule has 1 aromatic heterocycles. The van der Waals surface area contributed by atoms with Gasteiger partial charge in [0, 0.05) is 35.8 Å². The second-order valence-corrected chi connectivity index (χ2v) is 6.40. The highest BCUT2D eigenvalue weighted by Gasteiger charge is 2.29. The average Bonchev–Trinajstić information content (AvgIpc) is 2.70. The lowest BCUT2D eigenvalue weighted by atomic mass is 9.94. The van der Waals surface area contributed by atoms with Gasteiger partial charge in [0.05, 0.1) is 31.9 Å². The molecule has 1 aliphatic heterocycles.